The standard InChI is InChI=1S/C17H15N7O2/c1-3-11(17-20-22-23-24(17)13-6-7-13)9-12(4-1)18-10-15-19-16(21-26-15)14-5-2-8-25-14/h1-5,8-9,13,18H,6-7,10H2. The van der Waals surface area contributed by atoms with Crippen molar-refractivity contribution in [2.45, 2.75) is 25.4 Å². The van der Waals surface area contributed by atoms with Crippen molar-refractivity contribution in [3.8, 4) is 23.0 Å². The first kappa shape index (κ1) is 14.8. The van der Waals surface area contributed by atoms with E-state index in [-0.39, 0.29) is 0 Å². The third-order valence-corrected chi connectivity index (χ3v) is 4.16. The minimum atomic E-state index is 0.407. The van der Waals surface area contributed by atoms with Gasteiger partial charge < -0.3 is 14.3 Å². The summed E-state index contributed by atoms with van der Waals surface area (Å²) in [4.78, 5) is 4.32. The van der Waals surface area contributed by atoms with Gasteiger partial charge in [-0.2, -0.15) is 4.98 Å². The summed E-state index contributed by atoms with van der Waals surface area (Å²) in [6.45, 7) is 0.407. The number of anilines is 1. The van der Waals surface area contributed by atoms with Crippen LogP contribution in [0.25, 0.3) is 23.0 Å². The van der Waals surface area contributed by atoms with Crippen LogP contribution in [0.15, 0.2) is 51.6 Å². The lowest BCUT2D eigenvalue weighted by atomic mass is 10.2. The van der Waals surface area contributed by atoms with Crippen LogP contribution >= 0.6 is 0 Å². The Labute approximate surface area is 148 Å². The van der Waals surface area contributed by atoms with Gasteiger partial charge in [0.15, 0.2) is 11.6 Å². The summed E-state index contributed by atoms with van der Waals surface area (Å²) in [6, 6.07) is 11.9. The van der Waals surface area contributed by atoms with Crippen LogP contribution in [-0.2, 0) is 6.54 Å². The van der Waals surface area contributed by atoms with Gasteiger partial charge in [0.05, 0.1) is 18.8 Å². The average molecular weight is 349 g/mol. The largest absolute Gasteiger partial charge is 0.461 e. The fourth-order valence-electron chi connectivity index (χ4n) is 2.73. The zero-order chi connectivity index (χ0) is 17.3. The maximum absolute atomic E-state index is 5.26. The molecule has 3 heterocycles. The number of rotatable bonds is 6. The molecule has 0 unspecified atom stereocenters. The molecule has 1 N–H and O–H groups in total. The molecule has 5 rings (SSSR count). The quantitative estimate of drug-likeness (QED) is 0.566. The molecule has 1 fully saturated rings. The molecule has 130 valence electrons. The minimum absolute atomic E-state index is 0.407. The number of tetrazole rings is 1. The Kier molecular flexibility index (Phi) is 3.48. The van der Waals surface area contributed by atoms with Gasteiger partial charge in [-0.1, -0.05) is 17.3 Å². The summed E-state index contributed by atoms with van der Waals surface area (Å²) < 4.78 is 12.4. The average Bonchev–Trinajstić information content (AvgIpc) is 3.13. The highest BCUT2D eigenvalue weighted by Crippen LogP contribution is 2.36. The molecule has 0 spiro atoms. The highest BCUT2D eigenvalue weighted by Gasteiger charge is 2.28. The summed E-state index contributed by atoms with van der Waals surface area (Å²) in [5.74, 6) is 2.27. The van der Waals surface area contributed by atoms with Crippen molar-refractivity contribution in [2.24, 2.45) is 0 Å². The van der Waals surface area contributed by atoms with Crippen LogP contribution in [0, 0.1) is 0 Å². The molecule has 0 aliphatic heterocycles. The Morgan fingerprint density at radius 2 is 2.15 bits per heavy atom. The number of benzene rings is 1. The van der Waals surface area contributed by atoms with Crippen LogP contribution in [0.4, 0.5) is 5.69 Å². The van der Waals surface area contributed by atoms with E-state index in [9.17, 15) is 0 Å². The van der Waals surface area contributed by atoms with E-state index in [1.54, 1.807) is 18.4 Å². The Hall–Kier alpha value is -3.49. The van der Waals surface area contributed by atoms with Gasteiger partial charge in [-0.25, -0.2) is 4.68 Å². The summed E-state index contributed by atoms with van der Waals surface area (Å²) in [5, 5.41) is 19.3. The lowest BCUT2D eigenvalue weighted by Gasteiger charge is -2.06. The maximum Gasteiger partial charge on any atom is 0.246 e. The molecule has 9 heteroatoms. The minimum Gasteiger partial charge on any atom is -0.461 e. The molecule has 3 aromatic heterocycles. The molecular weight excluding hydrogens is 334 g/mol. The van der Waals surface area contributed by atoms with E-state index in [1.807, 2.05) is 28.9 Å². The van der Waals surface area contributed by atoms with Crippen LogP contribution in [0.2, 0.25) is 0 Å². The summed E-state index contributed by atoms with van der Waals surface area (Å²) in [7, 11) is 0. The Balaban J connectivity index is 1.31. The van der Waals surface area contributed by atoms with Gasteiger partial charge in [-0.15, -0.1) is 5.10 Å². The number of furan rings is 1. The van der Waals surface area contributed by atoms with Crippen molar-refractivity contribution < 1.29 is 8.94 Å². The molecule has 1 aromatic carbocycles. The molecular formula is C17H15N7O2. The van der Waals surface area contributed by atoms with E-state index in [4.69, 9.17) is 8.94 Å². The van der Waals surface area contributed by atoms with E-state index in [2.05, 4.69) is 31.0 Å². The second-order valence-electron chi connectivity index (χ2n) is 6.10. The molecule has 26 heavy (non-hydrogen) atoms. The van der Waals surface area contributed by atoms with Crippen molar-refractivity contribution in [2.75, 3.05) is 5.32 Å². The molecule has 0 amide bonds. The maximum atomic E-state index is 5.26. The van der Waals surface area contributed by atoms with Crippen molar-refractivity contribution >= 4 is 5.69 Å². The van der Waals surface area contributed by atoms with Gasteiger partial charge in [-0.3, -0.25) is 0 Å². The third-order valence-electron chi connectivity index (χ3n) is 4.16. The molecule has 1 aliphatic rings. The SMILES string of the molecule is c1cc(NCc2nc(-c3ccco3)no2)cc(-c2nnnn2C2CC2)c1. The Morgan fingerprint density at radius 3 is 3.00 bits per heavy atom. The van der Waals surface area contributed by atoms with E-state index in [0.717, 1.165) is 29.9 Å². The van der Waals surface area contributed by atoms with Gasteiger partial charge in [-0.05, 0) is 47.5 Å². The lowest BCUT2D eigenvalue weighted by molar-refractivity contribution is 0.382. The fourth-order valence-corrected chi connectivity index (χ4v) is 2.73. The Morgan fingerprint density at radius 1 is 1.19 bits per heavy atom. The van der Waals surface area contributed by atoms with Gasteiger partial charge >= 0.3 is 0 Å². The van der Waals surface area contributed by atoms with Crippen LogP contribution in [0.5, 0.6) is 0 Å². The number of hydrogen-bond donors (Lipinski definition) is 1. The number of hydrogen-bond acceptors (Lipinski definition) is 8. The molecule has 0 radical (unpaired) electrons. The Bertz CT molecular complexity index is 1020. The zero-order valence-electron chi connectivity index (χ0n) is 13.7. The number of aromatic nitrogens is 6. The van der Waals surface area contributed by atoms with Crippen molar-refractivity contribution in [3.05, 3.63) is 48.6 Å². The summed E-state index contributed by atoms with van der Waals surface area (Å²) >= 11 is 0. The zero-order valence-corrected chi connectivity index (χ0v) is 13.7. The second-order valence-corrected chi connectivity index (χ2v) is 6.10. The fraction of sp³-hybridized carbons (Fsp3) is 0.235. The van der Waals surface area contributed by atoms with Gasteiger partial charge in [0.1, 0.15) is 0 Å². The monoisotopic (exact) mass is 349 g/mol. The summed E-state index contributed by atoms with van der Waals surface area (Å²) in [6.07, 6.45) is 3.83. The molecule has 1 aliphatic carbocycles. The van der Waals surface area contributed by atoms with E-state index in [1.165, 1.54) is 0 Å². The number of nitrogens with one attached hydrogen (secondary N) is 1. The predicted octanol–water partition coefficient (Wildman–Crippen LogP) is 2.93. The normalized spacial score (nSPS) is 13.8. The lowest BCUT2D eigenvalue weighted by Crippen LogP contribution is -2.02. The first-order chi connectivity index (χ1) is 12.9. The molecule has 1 saturated carbocycles. The topological polar surface area (TPSA) is 108 Å². The van der Waals surface area contributed by atoms with Crippen molar-refractivity contribution in [3.63, 3.8) is 0 Å². The first-order valence-corrected chi connectivity index (χ1v) is 8.35. The second kappa shape index (κ2) is 6.10. The van der Waals surface area contributed by atoms with Crippen LogP contribution in [0.1, 0.15) is 24.8 Å². The van der Waals surface area contributed by atoms with Crippen LogP contribution < -0.4 is 5.32 Å². The van der Waals surface area contributed by atoms with Crippen molar-refractivity contribution in [1.82, 2.24) is 30.3 Å². The highest BCUT2D eigenvalue weighted by atomic mass is 16.5. The highest BCUT2D eigenvalue weighted by molar-refractivity contribution is 5.62. The molecule has 0 bridgehead atoms. The molecule has 4 aromatic rings. The van der Waals surface area contributed by atoms with Gasteiger partial charge in [0, 0.05) is 11.3 Å². The molecule has 0 atom stereocenters. The van der Waals surface area contributed by atoms with E-state index < -0.39 is 0 Å². The molecule has 9 nitrogen and oxygen atoms in total. The predicted molar refractivity (Wildman–Crippen MR) is 90.9 cm³/mol. The van der Waals surface area contributed by atoms with Crippen LogP contribution in [-0.4, -0.2) is 30.3 Å². The first-order valence-electron chi connectivity index (χ1n) is 8.35. The van der Waals surface area contributed by atoms with E-state index >= 15 is 0 Å². The van der Waals surface area contributed by atoms with Crippen molar-refractivity contribution in [1.29, 1.82) is 0 Å². The summed E-state index contributed by atoms with van der Waals surface area (Å²) in [5.41, 5.74) is 1.89. The van der Waals surface area contributed by atoms with E-state index in [0.29, 0.717) is 30.1 Å². The molecule has 0 saturated heterocycles. The third kappa shape index (κ3) is 2.83. The van der Waals surface area contributed by atoms with Crippen LogP contribution in [0.3, 0.4) is 0 Å². The number of nitrogens with zero attached hydrogens (tertiary/aromatic N) is 6. The smallest absolute Gasteiger partial charge is 0.246 e. The van der Waals surface area contributed by atoms with Gasteiger partial charge in [0.2, 0.25) is 11.7 Å². The van der Waals surface area contributed by atoms with Gasteiger partial charge in [0.25, 0.3) is 0 Å².